The maximum absolute atomic E-state index is 11.0. The number of carbonyl (C=O) groups excluding carboxylic acids is 1. The van der Waals surface area contributed by atoms with Crippen LogP contribution in [-0.2, 0) is 16.0 Å². The molecular formula is C18H18O3. The van der Waals surface area contributed by atoms with Gasteiger partial charge in [0, 0.05) is 18.1 Å². The zero-order valence-corrected chi connectivity index (χ0v) is 12.0. The quantitative estimate of drug-likeness (QED) is 0.672. The second kappa shape index (κ2) is 6.75. The third-order valence-corrected chi connectivity index (χ3v) is 3.20. The van der Waals surface area contributed by atoms with Crippen LogP contribution >= 0.6 is 0 Å². The van der Waals surface area contributed by atoms with Gasteiger partial charge >= 0.3 is 5.97 Å². The highest BCUT2D eigenvalue weighted by Crippen LogP contribution is 2.33. The summed E-state index contributed by atoms with van der Waals surface area (Å²) in [6, 6.07) is 13.6. The highest BCUT2D eigenvalue weighted by Gasteiger charge is 2.11. The summed E-state index contributed by atoms with van der Waals surface area (Å²) in [6.07, 6.45) is 1.60. The summed E-state index contributed by atoms with van der Waals surface area (Å²) < 4.78 is 4.97. The zero-order valence-electron chi connectivity index (χ0n) is 12.0. The first-order chi connectivity index (χ1) is 10.1. The molecule has 0 unspecified atom stereocenters. The monoisotopic (exact) mass is 282 g/mol. The number of rotatable bonds is 5. The Morgan fingerprint density at radius 1 is 1.29 bits per heavy atom. The second-order valence-electron chi connectivity index (χ2n) is 4.81. The summed E-state index contributed by atoms with van der Waals surface area (Å²) in [5.74, 6) is -0.216. The van der Waals surface area contributed by atoms with Crippen molar-refractivity contribution < 1.29 is 14.6 Å². The number of phenols is 1. The molecule has 0 fully saturated rings. The molecule has 0 aliphatic heterocycles. The van der Waals surface area contributed by atoms with Crippen molar-refractivity contribution in [1.29, 1.82) is 0 Å². The Bertz CT molecular complexity index is 645. The minimum atomic E-state index is -0.453. The maximum atomic E-state index is 11.0. The standard InChI is InChI=1S/C18H18O3/c1-3-17(19)21-10-9-15-11-13(2)12-16(18(15)20)14-7-5-4-6-8-14/h3-8,11-12,20H,1,9-10H2,2H3. The normalized spacial score (nSPS) is 10.1. The van der Waals surface area contributed by atoms with E-state index < -0.39 is 5.97 Å². The van der Waals surface area contributed by atoms with Crippen molar-refractivity contribution in [2.75, 3.05) is 6.61 Å². The van der Waals surface area contributed by atoms with Crippen molar-refractivity contribution in [2.24, 2.45) is 0 Å². The van der Waals surface area contributed by atoms with Crippen LogP contribution in [0.25, 0.3) is 11.1 Å². The van der Waals surface area contributed by atoms with E-state index in [9.17, 15) is 9.90 Å². The van der Waals surface area contributed by atoms with Crippen LogP contribution in [0.2, 0.25) is 0 Å². The zero-order chi connectivity index (χ0) is 15.2. The van der Waals surface area contributed by atoms with Gasteiger partial charge in [0.05, 0.1) is 6.61 Å². The van der Waals surface area contributed by atoms with E-state index in [1.807, 2.05) is 49.4 Å². The number of aromatic hydroxyl groups is 1. The Morgan fingerprint density at radius 2 is 2.00 bits per heavy atom. The van der Waals surface area contributed by atoms with E-state index in [2.05, 4.69) is 6.58 Å². The molecule has 0 aliphatic rings. The van der Waals surface area contributed by atoms with Crippen molar-refractivity contribution in [3.8, 4) is 16.9 Å². The van der Waals surface area contributed by atoms with Crippen LogP contribution in [0.15, 0.2) is 55.1 Å². The molecule has 21 heavy (non-hydrogen) atoms. The summed E-state index contributed by atoms with van der Waals surface area (Å²) in [6.45, 7) is 5.54. The van der Waals surface area contributed by atoms with E-state index >= 15 is 0 Å². The Balaban J connectivity index is 2.25. The molecule has 0 amide bonds. The maximum Gasteiger partial charge on any atom is 0.330 e. The molecular weight excluding hydrogens is 264 g/mol. The summed E-state index contributed by atoms with van der Waals surface area (Å²) in [4.78, 5) is 11.0. The van der Waals surface area contributed by atoms with Gasteiger partial charge in [0.15, 0.2) is 0 Å². The number of aryl methyl sites for hydroxylation is 1. The van der Waals surface area contributed by atoms with Crippen molar-refractivity contribution in [3.05, 3.63) is 66.2 Å². The largest absolute Gasteiger partial charge is 0.507 e. The molecule has 3 heteroatoms. The van der Waals surface area contributed by atoms with Crippen molar-refractivity contribution in [3.63, 3.8) is 0 Å². The Hall–Kier alpha value is -2.55. The average molecular weight is 282 g/mol. The van der Waals surface area contributed by atoms with Gasteiger partial charge in [0.25, 0.3) is 0 Å². The number of ether oxygens (including phenoxy) is 1. The van der Waals surface area contributed by atoms with Gasteiger partial charge in [-0.15, -0.1) is 0 Å². The minimum absolute atomic E-state index is 0.218. The fourth-order valence-corrected chi connectivity index (χ4v) is 2.20. The lowest BCUT2D eigenvalue weighted by atomic mass is 9.97. The molecule has 0 bridgehead atoms. The fourth-order valence-electron chi connectivity index (χ4n) is 2.20. The molecule has 0 spiro atoms. The highest BCUT2D eigenvalue weighted by atomic mass is 16.5. The topological polar surface area (TPSA) is 46.5 Å². The van der Waals surface area contributed by atoms with Crippen molar-refractivity contribution in [1.82, 2.24) is 0 Å². The number of carbonyl (C=O) groups is 1. The number of phenolic OH excluding ortho intramolecular Hbond substituents is 1. The van der Waals surface area contributed by atoms with Gasteiger partial charge in [-0.05, 0) is 29.7 Å². The van der Waals surface area contributed by atoms with Crippen LogP contribution in [0.5, 0.6) is 5.75 Å². The smallest absolute Gasteiger partial charge is 0.330 e. The van der Waals surface area contributed by atoms with Gasteiger partial charge in [-0.3, -0.25) is 0 Å². The van der Waals surface area contributed by atoms with Crippen LogP contribution in [0, 0.1) is 6.92 Å². The summed E-state index contributed by atoms with van der Waals surface area (Å²) >= 11 is 0. The lowest BCUT2D eigenvalue weighted by Gasteiger charge is -2.12. The predicted molar refractivity (Wildman–Crippen MR) is 83.1 cm³/mol. The lowest BCUT2D eigenvalue weighted by molar-refractivity contribution is -0.137. The summed E-state index contributed by atoms with van der Waals surface area (Å²) in [5, 5.41) is 10.4. The molecule has 0 radical (unpaired) electrons. The number of hydrogen-bond acceptors (Lipinski definition) is 3. The third-order valence-electron chi connectivity index (χ3n) is 3.20. The molecule has 0 heterocycles. The molecule has 0 saturated carbocycles. The van der Waals surface area contributed by atoms with E-state index in [0.29, 0.717) is 6.42 Å². The number of benzene rings is 2. The number of hydrogen-bond donors (Lipinski definition) is 1. The molecule has 0 atom stereocenters. The van der Waals surface area contributed by atoms with Gasteiger partial charge in [0.1, 0.15) is 5.75 Å². The molecule has 1 N–H and O–H groups in total. The Kier molecular flexibility index (Phi) is 4.77. The van der Waals surface area contributed by atoms with Crippen LogP contribution in [0.4, 0.5) is 0 Å². The summed E-state index contributed by atoms with van der Waals surface area (Å²) in [7, 11) is 0. The van der Waals surface area contributed by atoms with Crippen molar-refractivity contribution >= 4 is 5.97 Å². The molecule has 108 valence electrons. The molecule has 0 saturated heterocycles. The van der Waals surface area contributed by atoms with E-state index in [1.54, 1.807) is 0 Å². The molecule has 3 nitrogen and oxygen atoms in total. The Labute approximate surface area is 124 Å². The van der Waals surface area contributed by atoms with E-state index in [0.717, 1.165) is 28.3 Å². The van der Waals surface area contributed by atoms with Crippen molar-refractivity contribution in [2.45, 2.75) is 13.3 Å². The highest BCUT2D eigenvalue weighted by molar-refractivity contribution is 5.81. The Morgan fingerprint density at radius 3 is 2.67 bits per heavy atom. The molecule has 2 rings (SSSR count). The van der Waals surface area contributed by atoms with Crippen LogP contribution in [0.1, 0.15) is 11.1 Å². The van der Waals surface area contributed by atoms with Crippen LogP contribution < -0.4 is 0 Å². The average Bonchev–Trinajstić information content (AvgIpc) is 2.51. The first-order valence-corrected chi connectivity index (χ1v) is 6.79. The van der Waals surface area contributed by atoms with E-state index in [-0.39, 0.29) is 12.4 Å². The van der Waals surface area contributed by atoms with Gasteiger partial charge in [0.2, 0.25) is 0 Å². The van der Waals surface area contributed by atoms with E-state index in [4.69, 9.17) is 4.74 Å². The van der Waals surface area contributed by atoms with Gasteiger partial charge in [-0.25, -0.2) is 4.79 Å². The molecule has 0 aromatic heterocycles. The van der Waals surface area contributed by atoms with Gasteiger partial charge in [-0.2, -0.15) is 0 Å². The molecule has 2 aromatic rings. The number of esters is 1. The third kappa shape index (κ3) is 3.72. The first-order valence-electron chi connectivity index (χ1n) is 6.79. The summed E-state index contributed by atoms with van der Waals surface area (Å²) in [5.41, 5.74) is 3.58. The van der Waals surface area contributed by atoms with Gasteiger partial charge < -0.3 is 9.84 Å². The van der Waals surface area contributed by atoms with Crippen LogP contribution in [-0.4, -0.2) is 17.7 Å². The molecule has 0 aliphatic carbocycles. The first kappa shape index (κ1) is 14.9. The van der Waals surface area contributed by atoms with E-state index in [1.165, 1.54) is 0 Å². The molecule has 2 aromatic carbocycles. The second-order valence-corrected chi connectivity index (χ2v) is 4.81. The fraction of sp³-hybridized carbons (Fsp3) is 0.167. The van der Waals surface area contributed by atoms with Gasteiger partial charge in [-0.1, -0.05) is 43.0 Å². The predicted octanol–water partition coefficient (Wildman–Crippen LogP) is 3.64. The lowest BCUT2D eigenvalue weighted by Crippen LogP contribution is -2.05. The van der Waals surface area contributed by atoms with Crippen LogP contribution in [0.3, 0.4) is 0 Å². The SMILES string of the molecule is C=CC(=O)OCCc1cc(C)cc(-c2ccccc2)c1O. The minimum Gasteiger partial charge on any atom is -0.507 e.